The van der Waals surface area contributed by atoms with E-state index in [1.165, 1.54) is 24.0 Å². The van der Waals surface area contributed by atoms with Crippen molar-refractivity contribution in [2.45, 2.75) is 39.5 Å². The maximum atomic E-state index is 4.82. The van der Waals surface area contributed by atoms with Crippen LogP contribution < -0.4 is 0 Å². The lowest BCUT2D eigenvalue weighted by molar-refractivity contribution is 0.428. The fourth-order valence-electron chi connectivity index (χ4n) is 3.31. The third-order valence-electron chi connectivity index (χ3n) is 4.94. The van der Waals surface area contributed by atoms with Crippen molar-refractivity contribution in [1.82, 2.24) is 5.01 Å². The smallest absolute Gasteiger partial charge is 0.130 e. The number of hydrogen-bond acceptors (Lipinski definition) is 3. The molecular weight excluding hydrogens is 294 g/mol. The number of para-hydroxylation sites is 1. The molecule has 3 heteroatoms. The van der Waals surface area contributed by atoms with Gasteiger partial charge in [0.1, 0.15) is 5.84 Å². The standard InChI is InChI=1S/C21H27N3/c1-4-5-12-24(21-14-18-8-6-7-9-20(18)23-21)22-15-19-13-16(2)10-11-17(19)3/h4,6-9,13,15,17,19H,1,5,10-12,14H2,2-3H3/b22-15+. The van der Waals surface area contributed by atoms with E-state index >= 15 is 0 Å². The third kappa shape index (κ3) is 3.84. The fraction of sp³-hybridized carbons (Fsp3) is 0.429. The molecule has 1 aliphatic carbocycles. The number of benzene rings is 1. The number of hydrogen-bond donors (Lipinski definition) is 0. The van der Waals surface area contributed by atoms with E-state index in [1.54, 1.807) is 0 Å². The number of amidine groups is 1. The lowest BCUT2D eigenvalue weighted by Gasteiger charge is -2.25. The molecule has 3 rings (SSSR count). The van der Waals surface area contributed by atoms with E-state index < -0.39 is 0 Å². The molecule has 2 aliphatic rings. The van der Waals surface area contributed by atoms with Gasteiger partial charge in [0, 0.05) is 25.1 Å². The highest BCUT2D eigenvalue weighted by molar-refractivity contribution is 5.92. The van der Waals surface area contributed by atoms with Crippen LogP contribution in [-0.2, 0) is 6.42 Å². The van der Waals surface area contributed by atoms with Crippen LogP contribution in [0.4, 0.5) is 5.69 Å². The molecule has 0 amide bonds. The molecule has 24 heavy (non-hydrogen) atoms. The van der Waals surface area contributed by atoms with Crippen LogP contribution in [0.2, 0.25) is 0 Å². The van der Waals surface area contributed by atoms with Gasteiger partial charge in [0.15, 0.2) is 0 Å². The minimum atomic E-state index is 0.425. The largest absolute Gasteiger partial charge is 0.251 e. The van der Waals surface area contributed by atoms with E-state index in [9.17, 15) is 0 Å². The van der Waals surface area contributed by atoms with E-state index in [1.807, 2.05) is 12.1 Å². The average molecular weight is 321 g/mol. The van der Waals surface area contributed by atoms with E-state index in [0.29, 0.717) is 11.8 Å². The van der Waals surface area contributed by atoms with E-state index in [2.05, 4.69) is 55.9 Å². The van der Waals surface area contributed by atoms with Crippen LogP contribution in [0.25, 0.3) is 0 Å². The van der Waals surface area contributed by atoms with Gasteiger partial charge in [0.25, 0.3) is 0 Å². The van der Waals surface area contributed by atoms with Crippen LogP contribution in [0, 0.1) is 11.8 Å². The van der Waals surface area contributed by atoms with Gasteiger partial charge in [-0.15, -0.1) is 6.58 Å². The fourth-order valence-corrected chi connectivity index (χ4v) is 3.31. The molecule has 0 bridgehead atoms. The first-order valence-electron chi connectivity index (χ1n) is 8.92. The molecular formula is C21H27N3. The maximum Gasteiger partial charge on any atom is 0.130 e. The van der Waals surface area contributed by atoms with Gasteiger partial charge in [-0.2, -0.15) is 5.10 Å². The Labute approximate surface area is 145 Å². The third-order valence-corrected chi connectivity index (χ3v) is 4.94. The van der Waals surface area contributed by atoms with Gasteiger partial charge < -0.3 is 0 Å². The first kappa shape index (κ1) is 16.7. The van der Waals surface area contributed by atoms with Crippen LogP contribution in [-0.4, -0.2) is 23.6 Å². The molecule has 3 nitrogen and oxygen atoms in total. The zero-order chi connectivity index (χ0) is 16.9. The number of allylic oxidation sites excluding steroid dienone is 2. The monoisotopic (exact) mass is 321 g/mol. The van der Waals surface area contributed by atoms with Gasteiger partial charge in [-0.25, -0.2) is 4.99 Å². The van der Waals surface area contributed by atoms with Gasteiger partial charge in [-0.05, 0) is 43.7 Å². The normalized spacial score (nSPS) is 22.9. The molecule has 0 aromatic heterocycles. The first-order chi connectivity index (χ1) is 11.7. The zero-order valence-corrected chi connectivity index (χ0v) is 14.8. The van der Waals surface area contributed by atoms with Crippen LogP contribution >= 0.6 is 0 Å². The van der Waals surface area contributed by atoms with E-state index in [4.69, 9.17) is 10.1 Å². The lowest BCUT2D eigenvalue weighted by atomic mass is 9.83. The summed E-state index contributed by atoms with van der Waals surface area (Å²) in [5.41, 5.74) is 3.84. The molecule has 0 spiro atoms. The second-order valence-corrected chi connectivity index (χ2v) is 6.90. The van der Waals surface area contributed by atoms with Gasteiger partial charge in [-0.3, -0.25) is 5.01 Å². The summed E-state index contributed by atoms with van der Waals surface area (Å²) in [7, 11) is 0. The van der Waals surface area contributed by atoms with Crippen molar-refractivity contribution in [2.75, 3.05) is 6.54 Å². The van der Waals surface area contributed by atoms with E-state index in [0.717, 1.165) is 30.9 Å². The van der Waals surface area contributed by atoms with Crippen molar-refractivity contribution in [2.24, 2.45) is 21.9 Å². The average Bonchev–Trinajstić information content (AvgIpc) is 3.01. The summed E-state index contributed by atoms with van der Waals surface area (Å²) in [5.74, 6) is 2.12. The first-order valence-corrected chi connectivity index (χ1v) is 8.92. The molecule has 1 aliphatic heterocycles. The second-order valence-electron chi connectivity index (χ2n) is 6.90. The predicted molar refractivity (Wildman–Crippen MR) is 103 cm³/mol. The Hall–Kier alpha value is -2.16. The molecule has 0 saturated carbocycles. The van der Waals surface area contributed by atoms with Crippen molar-refractivity contribution in [3.63, 3.8) is 0 Å². The number of rotatable bonds is 5. The molecule has 0 fully saturated rings. The summed E-state index contributed by atoms with van der Waals surface area (Å²) in [4.78, 5) is 4.78. The summed E-state index contributed by atoms with van der Waals surface area (Å²) in [5, 5.41) is 6.88. The van der Waals surface area contributed by atoms with Crippen molar-refractivity contribution in [3.8, 4) is 0 Å². The lowest BCUT2D eigenvalue weighted by Crippen LogP contribution is -2.28. The Bertz CT molecular complexity index is 684. The molecule has 1 aromatic carbocycles. The number of nitrogens with zero attached hydrogens (tertiary/aromatic N) is 3. The topological polar surface area (TPSA) is 28.0 Å². The van der Waals surface area contributed by atoms with E-state index in [-0.39, 0.29) is 0 Å². The van der Waals surface area contributed by atoms with Gasteiger partial charge in [0.05, 0.1) is 5.69 Å². The van der Waals surface area contributed by atoms with Crippen LogP contribution in [0.3, 0.4) is 0 Å². The van der Waals surface area contributed by atoms with Crippen LogP contribution in [0.5, 0.6) is 0 Å². The molecule has 0 N–H and O–H groups in total. The number of aliphatic imine (C=N–C) groups is 1. The minimum absolute atomic E-state index is 0.425. The van der Waals surface area contributed by atoms with Crippen molar-refractivity contribution in [3.05, 3.63) is 54.1 Å². The second kappa shape index (κ2) is 7.61. The summed E-state index contributed by atoms with van der Waals surface area (Å²) < 4.78 is 0. The SMILES string of the molecule is C=CCCN(/N=C/C1C=C(C)CCC1C)C1=Nc2ccccc2C1. The van der Waals surface area contributed by atoms with Gasteiger partial charge in [-0.1, -0.05) is 42.8 Å². The quantitative estimate of drug-likeness (QED) is 0.420. The van der Waals surface area contributed by atoms with Crippen molar-refractivity contribution in [1.29, 1.82) is 0 Å². The molecule has 1 aromatic rings. The molecule has 126 valence electrons. The Kier molecular flexibility index (Phi) is 5.29. The Morgan fingerprint density at radius 1 is 1.38 bits per heavy atom. The highest BCUT2D eigenvalue weighted by atomic mass is 15.5. The van der Waals surface area contributed by atoms with Crippen molar-refractivity contribution >= 4 is 17.7 Å². The van der Waals surface area contributed by atoms with Gasteiger partial charge in [0.2, 0.25) is 0 Å². The van der Waals surface area contributed by atoms with Crippen LogP contribution in [0.15, 0.2) is 58.7 Å². The number of hydrazone groups is 1. The molecule has 2 atom stereocenters. The molecule has 0 radical (unpaired) electrons. The minimum Gasteiger partial charge on any atom is -0.251 e. The highest BCUT2D eigenvalue weighted by Gasteiger charge is 2.21. The highest BCUT2D eigenvalue weighted by Crippen LogP contribution is 2.29. The summed E-state index contributed by atoms with van der Waals surface area (Å²) in [6.07, 6.45) is 10.7. The molecule has 2 unspecified atom stereocenters. The molecule has 0 saturated heterocycles. The molecule has 1 heterocycles. The Balaban J connectivity index is 1.77. The van der Waals surface area contributed by atoms with Crippen molar-refractivity contribution < 1.29 is 0 Å². The predicted octanol–water partition coefficient (Wildman–Crippen LogP) is 5.13. The zero-order valence-electron chi connectivity index (χ0n) is 14.8. The Morgan fingerprint density at radius 2 is 2.21 bits per heavy atom. The number of fused-ring (bicyclic) bond motifs is 1. The van der Waals surface area contributed by atoms with Crippen LogP contribution in [0.1, 0.15) is 38.7 Å². The van der Waals surface area contributed by atoms with Gasteiger partial charge >= 0.3 is 0 Å². The summed E-state index contributed by atoms with van der Waals surface area (Å²) >= 11 is 0. The summed E-state index contributed by atoms with van der Waals surface area (Å²) in [6.45, 7) is 9.21. The Morgan fingerprint density at radius 3 is 3.00 bits per heavy atom. The maximum absolute atomic E-state index is 4.82. The summed E-state index contributed by atoms with van der Waals surface area (Å²) in [6, 6.07) is 8.34.